The number of hydrogen-bond acceptors (Lipinski definition) is 3. The molecule has 2 N–H and O–H groups in total. The van der Waals surface area contributed by atoms with Crippen LogP contribution in [0.1, 0.15) is 11.5 Å². The van der Waals surface area contributed by atoms with Crippen molar-refractivity contribution in [3.8, 4) is 0 Å². The highest BCUT2D eigenvalue weighted by Crippen LogP contribution is 2.03. The molecule has 5 nitrogen and oxygen atoms in total. The third-order valence-corrected chi connectivity index (χ3v) is 2.89. The Balaban J connectivity index is 1.57. The van der Waals surface area contributed by atoms with Gasteiger partial charge in [-0.1, -0.05) is 6.07 Å². The number of aromatic amines is 1. The van der Waals surface area contributed by atoms with Crippen LogP contribution in [0, 0.1) is 0 Å². The van der Waals surface area contributed by atoms with Crippen LogP contribution in [0.2, 0.25) is 0 Å². The first kappa shape index (κ1) is 11.0. The molecule has 0 spiro atoms. The second-order valence-electron chi connectivity index (χ2n) is 4.17. The highest BCUT2D eigenvalue weighted by Gasteiger charge is 2.03. The zero-order valence-corrected chi connectivity index (χ0v) is 10.0. The minimum absolute atomic E-state index is 0.851. The zero-order valence-electron chi connectivity index (χ0n) is 10.0. The number of H-pyrrole nitrogens is 1. The van der Waals surface area contributed by atoms with E-state index in [1.165, 1.54) is 5.69 Å². The van der Waals surface area contributed by atoms with E-state index in [1.807, 2.05) is 41.1 Å². The van der Waals surface area contributed by atoms with E-state index in [-0.39, 0.29) is 0 Å². The molecule has 3 rings (SSSR count). The molecule has 0 aliphatic heterocycles. The molecule has 0 aromatic carbocycles. The number of nitrogens with zero attached hydrogens (tertiary/aromatic N) is 3. The Labute approximate surface area is 105 Å². The Morgan fingerprint density at radius 1 is 1.17 bits per heavy atom. The van der Waals surface area contributed by atoms with Crippen LogP contribution in [-0.2, 0) is 13.0 Å². The summed E-state index contributed by atoms with van der Waals surface area (Å²) in [6.07, 6.45) is 4.80. The van der Waals surface area contributed by atoms with Gasteiger partial charge in [0.1, 0.15) is 5.82 Å². The van der Waals surface area contributed by atoms with E-state index in [1.54, 1.807) is 0 Å². The summed E-state index contributed by atoms with van der Waals surface area (Å²) in [5, 5.41) is 11.7. The highest BCUT2D eigenvalue weighted by atomic mass is 15.2. The lowest BCUT2D eigenvalue weighted by Crippen LogP contribution is -2.17. The Bertz CT molecular complexity index is 611. The van der Waals surface area contributed by atoms with Crippen LogP contribution in [0.4, 0.5) is 0 Å². The maximum atomic E-state index is 4.20. The number of hydrogen-bond donors (Lipinski definition) is 2. The van der Waals surface area contributed by atoms with Crippen LogP contribution in [-0.4, -0.2) is 26.1 Å². The van der Waals surface area contributed by atoms with Crippen molar-refractivity contribution in [1.29, 1.82) is 0 Å². The Kier molecular flexibility index (Phi) is 3.06. The molecule has 0 saturated carbocycles. The third kappa shape index (κ3) is 2.26. The van der Waals surface area contributed by atoms with Crippen LogP contribution in [0.25, 0.3) is 5.65 Å². The lowest BCUT2D eigenvalue weighted by molar-refractivity contribution is 0.659. The molecule has 3 aromatic heterocycles. The predicted octanol–water partition coefficient (Wildman–Crippen LogP) is 1.39. The number of rotatable bonds is 5. The Morgan fingerprint density at radius 3 is 3.06 bits per heavy atom. The van der Waals surface area contributed by atoms with Crippen molar-refractivity contribution in [2.24, 2.45) is 0 Å². The van der Waals surface area contributed by atoms with Crippen LogP contribution >= 0.6 is 0 Å². The summed E-state index contributed by atoms with van der Waals surface area (Å²) in [4.78, 5) is 3.16. The fourth-order valence-electron chi connectivity index (χ4n) is 1.96. The molecular formula is C13H15N5. The average Bonchev–Trinajstić information content (AvgIpc) is 3.04. The first-order chi connectivity index (χ1) is 8.93. The first-order valence-electron chi connectivity index (χ1n) is 6.05. The fraction of sp³-hybridized carbons (Fsp3) is 0.231. The normalized spacial score (nSPS) is 11.1. The van der Waals surface area contributed by atoms with Crippen molar-refractivity contribution in [2.45, 2.75) is 13.0 Å². The van der Waals surface area contributed by atoms with Gasteiger partial charge in [-0.2, -0.15) is 0 Å². The van der Waals surface area contributed by atoms with Gasteiger partial charge in [-0.15, -0.1) is 10.2 Å². The van der Waals surface area contributed by atoms with Crippen molar-refractivity contribution in [2.75, 3.05) is 6.54 Å². The molecule has 0 radical (unpaired) electrons. The molecule has 0 fully saturated rings. The second-order valence-corrected chi connectivity index (χ2v) is 4.17. The minimum Gasteiger partial charge on any atom is -0.364 e. The third-order valence-electron chi connectivity index (χ3n) is 2.89. The summed E-state index contributed by atoms with van der Waals surface area (Å²) in [6, 6.07) is 9.99. The van der Waals surface area contributed by atoms with E-state index in [4.69, 9.17) is 0 Å². The molecule has 0 unspecified atom stereocenters. The standard InChI is InChI=1S/C13H15N5/c1-2-9-18-12(5-1)16-17-13(18)6-8-14-10-11-4-3-7-15-11/h1-5,7,9,14-15H,6,8,10H2. The van der Waals surface area contributed by atoms with Gasteiger partial charge in [-0.25, -0.2) is 0 Å². The molecule has 0 amide bonds. The van der Waals surface area contributed by atoms with E-state index in [9.17, 15) is 0 Å². The molecule has 0 atom stereocenters. The molecular weight excluding hydrogens is 226 g/mol. The van der Waals surface area contributed by atoms with Gasteiger partial charge < -0.3 is 10.3 Å². The van der Waals surface area contributed by atoms with E-state index in [0.717, 1.165) is 31.0 Å². The fourth-order valence-corrected chi connectivity index (χ4v) is 1.96. The molecule has 5 heteroatoms. The van der Waals surface area contributed by atoms with E-state index >= 15 is 0 Å². The molecule has 3 aromatic rings. The predicted molar refractivity (Wildman–Crippen MR) is 69.2 cm³/mol. The van der Waals surface area contributed by atoms with Gasteiger partial charge in [-0.3, -0.25) is 4.40 Å². The highest BCUT2D eigenvalue weighted by molar-refractivity contribution is 5.36. The summed E-state index contributed by atoms with van der Waals surface area (Å²) in [5.41, 5.74) is 2.10. The molecule has 0 aliphatic carbocycles. The van der Waals surface area contributed by atoms with Gasteiger partial charge in [0, 0.05) is 37.6 Å². The van der Waals surface area contributed by atoms with Crippen LogP contribution in [0.5, 0.6) is 0 Å². The van der Waals surface area contributed by atoms with Crippen molar-refractivity contribution >= 4 is 5.65 Å². The van der Waals surface area contributed by atoms with E-state index in [2.05, 4.69) is 26.6 Å². The molecule has 18 heavy (non-hydrogen) atoms. The summed E-state index contributed by atoms with van der Waals surface area (Å²) in [6.45, 7) is 1.73. The summed E-state index contributed by atoms with van der Waals surface area (Å²) in [7, 11) is 0. The zero-order chi connectivity index (χ0) is 12.2. The number of aromatic nitrogens is 4. The van der Waals surface area contributed by atoms with Gasteiger partial charge in [-0.05, 0) is 24.3 Å². The Morgan fingerprint density at radius 2 is 2.17 bits per heavy atom. The van der Waals surface area contributed by atoms with Gasteiger partial charge >= 0.3 is 0 Å². The second kappa shape index (κ2) is 5.01. The van der Waals surface area contributed by atoms with Gasteiger partial charge in [0.15, 0.2) is 5.65 Å². The molecule has 0 aliphatic rings. The lowest BCUT2D eigenvalue weighted by Gasteiger charge is -2.02. The maximum Gasteiger partial charge on any atom is 0.160 e. The maximum absolute atomic E-state index is 4.20. The van der Waals surface area contributed by atoms with Crippen LogP contribution in [0.15, 0.2) is 42.7 Å². The largest absolute Gasteiger partial charge is 0.364 e. The molecule has 3 heterocycles. The first-order valence-corrected chi connectivity index (χ1v) is 6.05. The lowest BCUT2D eigenvalue weighted by atomic mass is 10.3. The monoisotopic (exact) mass is 241 g/mol. The minimum atomic E-state index is 0.851. The SMILES string of the molecule is c1c[nH]c(CNCCc2nnc3ccccn23)c1. The number of fused-ring (bicyclic) bond motifs is 1. The van der Waals surface area contributed by atoms with Crippen LogP contribution in [0.3, 0.4) is 0 Å². The van der Waals surface area contributed by atoms with Crippen molar-refractivity contribution in [1.82, 2.24) is 24.9 Å². The van der Waals surface area contributed by atoms with Crippen molar-refractivity contribution in [3.05, 3.63) is 54.2 Å². The van der Waals surface area contributed by atoms with E-state index in [0.29, 0.717) is 0 Å². The van der Waals surface area contributed by atoms with E-state index < -0.39 is 0 Å². The summed E-state index contributed by atoms with van der Waals surface area (Å²) in [5.74, 6) is 0.990. The van der Waals surface area contributed by atoms with Crippen molar-refractivity contribution < 1.29 is 0 Å². The molecule has 92 valence electrons. The molecule has 0 saturated heterocycles. The topological polar surface area (TPSA) is 58.0 Å². The average molecular weight is 241 g/mol. The summed E-state index contributed by atoms with van der Waals surface area (Å²) >= 11 is 0. The summed E-state index contributed by atoms with van der Waals surface area (Å²) < 4.78 is 2.02. The van der Waals surface area contributed by atoms with Gasteiger partial charge in [0.05, 0.1) is 0 Å². The van der Waals surface area contributed by atoms with Crippen molar-refractivity contribution in [3.63, 3.8) is 0 Å². The quantitative estimate of drug-likeness (QED) is 0.664. The number of nitrogens with one attached hydrogen (secondary N) is 2. The smallest absolute Gasteiger partial charge is 0.160 e. The molecule has 0 bridgehead atoms. The number of pyridine rings is 1. The Hall–Kier alpha value is -2.14. The van der Waals surface area contributed by atoms with Gasteiger partial charge in [0.25, 0.3) is 0 Å². The van der Waals surface area contributed by atoms with Gasteiger partial charge in [0.2, 0.25) is 0 Å². The van der Waals surface area contributed by atoms with Crippen LogP contribution < -0.4 is 5.32 Å².